The Kier molecular flexibility index (Phi) is 5.04. The molecule has 2 aromatic carbocycles. The molecule has 0 saturated heterocycles. The molecule has 0 unspecified atom stereocenters. The molecule has 2 aromatic rings. The second kappa shape index (κ2) is 6.84. The van der Waals surface area contributed by atoms with E-state index in [0.717, 1.165) is 6.26 Å². The average Bonchev–Trinajstić information content (AvgIpc) is 2.54. The summed E-state index contributed by atoms with van der Waals surface area (Å²) in [4.78, 5) is 23.8. The number of nitrogens with one attached hydrogen (secondary N) is 1. The first-order valence-electron chi connectivity index (χ1n) is 7.03. The molecule has 6 nitrogen and oxygen atoms in total. The fraction of sp³-hybridized carbons (Fsp3) is 0.176. The number of aryl methyl sites for hydroxylation is 1. The molecule has 1 amide bonds. The van der Waals surface area contributed by atoms with Crippen LogP contribution in [0, 0.1) is 6.92 Å². The van der Waals surface area contributed by atoms with Crippen molar-refractivity contribution in [1.29, 1.82) is 0 Å². The summed E-state index contributed by atoms with van der Waals surface area (Å²) in [5.74, 6) is -0.907. The SMILES string of the molecule is COC(=O)c1ccc(NC(=O)c2ccc(C)c(S(C)(=O)=O)c2)cc1. The minimum absolute atomic E-state index is 0.121. The van der Waals surface area contributed by atoms with Crippen LogP contribution in [0.15, 0.2) is 47.4 Å². The van der Waals surface area contributed by atoms with E-state index in [1.165, 1.54) is 25.3 Å². The molecule has 0 aliphatic heterocycles. The number of rotatable bonds is 4. The lowest BCUT2D eigenvalue weighted by Gasteiger charge is -2.09. The van der Waals surface area contributed by atoms with Crippen LogP contribution in [0.2, 0.25) is 0 Å². The molecule has 0 aromatic heterocycles. The number of methoxy groups -OCH3 is 1. The van der Waals surface area contributed by atoms with Crippen LogP contribution in [0.3, 0.4) is 0 Å². The summed E-state index contributed by atoms with van der Waals surface area (Å²) in [6.45, 7) is 1.67. The zero-order valence-corrected chi connectivity index (χ0v) is 14.3. The lowest BCUT2D eigenvalue weighted by molar-refractivity contribution is 0.0600. The largest absolute Gasteiger partial charge is 0.465 e. The van der Waals surface area contributed by atoms with E-state index in [0.29, 0.717) is 16.8 Å². The van der Waals surface area contributed by atoms with E-state index in [4.69, 9.17) is 0 Å². The molecule has 0 heterocycles. The second-order valence-corrected chi connectivity index (χ2v) is 7.26. The number of benzene rings is 2. The van der Waals surface area contributed by atoms with E-state index in [1.54, 1.807) is 31.2 Å². The maximum atomic E-state index is 12.3. The molecule has 126 valence electrons. The van der Waals surface area contributed by atoms with Gasteiger partial charge < -0.3 is 10.1 Å². The number of esters is 1. The lowest BCUT2D eigenvalue weighted by Crippen LogP contribution is -2.13. The number of sulfone groups is 1. The summed E-state index contributed by atoms with van der Waals surface area (Å²) in [5, 5.41) is 2.65. The first kappa shape index (κ1) is 17.7. The van der Waals surface area contributed by atoms with E-state index < -0.39 is 21.7 Å². The van der Waals surface area contributed by atoms with Gasteiger partial charge in [-0.1, -0.05) is 6.07 Å². The molecule has 0 bridgehead atoms. The van der Waals surface area contributed by atoms with E-state index in [1.807, 2.05) is 0 Å². The number of anilines is 1. The third-order valence-electron chi connectivity index (χ3n) is 3.41. The van der Waals surface area contributed by atoms with Crippen LogP contribution in [0.5, 0.6) is 0 Å². The Hall–Kier alpha value is -2.67. The molecule has 0 aliphatic carbocycles. The summed E-state index contributed by atoms with van der Waals surface area (Å²) in [7, 11) is -2.13. The van der Waals surface area contributed by atoms with E-state index >= 15 is 0 Å². The first-order chi connectivity index (χ1) is 11.2. The van der Waals surface area contributed by atoms with Gasteiger partial charge in [-0.2, -0.15) is 0 Å². The molecule has 1 N–H and O–H groups in total. The van der Waals surface area contributed by atoms with Crippen LogP contribution >= 0.6 is 0 Å². The smallest absolute Gasteiger partial charge is 0.337 e. The van der Waals surface area contributed by atoms with Crippen LogP contribution in [0.1, 0.15) is 26.3 Å². The van der Waals surface area contributed by atoms with Crippen molar-refractivity contribution in [3.63, 3.8) is 0 Å². The minimum atomic E-state index is -3.41. The van der Waals surface area contributed by atoms with Crippen molar-refractivity contribution in [2.75, 3.05) is 18.7 Å². The summed E-state index contributed by atoms with van der Waals surface area (Å²) in [6.07, 6.45) is 1.10. The molecule has 0 atom stereocenters. The van der Waals surface area contributed by atoms with Crippen LogP contribution in [0.25, 0.3) is 0 Å². The van der Waals surface area contributed by atoms with Gasteiger partial charge in [0.1, 0.15) is 0 Å². The van der Waals surface area contributed by atoms with Crippen molar-refractivity contribution in [2.24, 2.45) is 0 Å². The number of carbonyl (C=O) groups is 2. The Balaban J connectivity index is 2.23. The molecule has 0 aliphatic rings. The Morgan fingerprint density at radius 3 is 2.12 bits per heavy atom. The van der Waals surface area contributed by atoms with E-state index in [2.05, 4.69) is 10.1 Å². The molecular weight excluding hydrogens is 330 g/mol. The zero-order chi connectivity index (χ0) is 17.9. The Morgan fingerprint density at radius 2 is 1.58 bits per heavy atom. The van der Waals surface area contributed by atoms with E-state index in [-0.39, 0.29) is 10.5 Å². The monoisotopic (exact) mass is 347 g/mol. The fourth-order valence-corrected chi connectivity index (χ4v) is 3.15. The molecule has 0 spiro atoms. The summed E-state index contributed by atoms with van der Waals surface area (Å²) < 4.78 is 28.1. The van der Waals surface area contributed by atoms with Gasteiger partial charge in [0.15, 0.2) is 9.84 Å². The van der Waals surface area contributed by atoms with Gasteiger partial charge >= 0.3 is 5.97 Å². The average molecular weight is 347 g/mol. The third-order valence-corrected chi connectivity index (χ3v) is 4.65. The van der Waals surface area contributed by atoms with Crippen molar-refractivity contribution in [3.8, 4) is 0 Å². The topological polar surface area (TPSA) is 89.5 Å². The van der Waals surface area contributed by atoms with Gasteiger partial charge in [0.25, 0.3) is 5.91 Å². The van der Waals surface area contributed by atoms with E-state index in [9.17, 15) is 18.0 Å². The van der Waals surface area contributed by atoms with Crippen molar-refractivity contribution in [2.45, 2.75) is 11.8 Å². The third kappa shape index (κ3) is 3.99. The van der Waals surface area contributed by atoms with Gasteiger partial charge in [0.05, 0.1) is 17.6 Å². The summed E-state index contributed by atoms with van der Waals surface area (Å²) in [5.41, 5.74) is 1.66. The quantitative estimate of drug-likeness (QED) is 0.858. The number of amides is 1. The van der Waals surface area contributed by atoms with Gasteiger partial charge in [0.2, 0.25) is 0 Å². The van der Waals surface area contributed by atoms with Gasteiger partial charge in [-0.25, -0.2) is 13.2 Å². The summed E-state index contributed by atoms with van der Waals surface area (Å²) in [6, 6.07) is 10.7. The zero-order valence-electron chi connectivity index (χ0n) is 13.5. The number of hydrogen-bond acceptors (Lipinski definition) is 5. The van der Waals surface area contributed by atoms with Gasteiger partial charge in [0, 0.05) is 17.5 Å². The predicted molar refractivity (Wildman–Crippen MR) is 90.0 cm³/mol. The highest BCUT2D eigenvalue weighted by molar-refractivity contribution is 7.90. The minimum Gasteiger partial charge on any atom is -0.465 e. The molecule has 0 radical (unpaired) electrons. The first-order valence-corrected chi connectivity index (χ1v) is 8.92. The van der Waals surface area contributed by atoms with Crippen molar-refractivity contribution < 1.29 is 22.7 Å². The highest BCUT2D eigenvalue weighted by Crippen LogP contribution is 2.18. The Morgan fingerprint density at radius 1 is 1.00 bits per heavy atom. The Bertz CT molecular complexity index is 886. The molecule has 0 fully saturated rings. The molecule has 0 saturated carbocycles. The highest BCUT2D eigenvalue weighted by atomic mass is 32.2. The van der Waals surface area contributed by atoms with Gasteiger partial charge in [-0.15, -0.1) is 0 Å². The fourth-order valence-electron chi connectivity index (χ4n) is 2.15. The second-order valence-electron chi connectivity index (χ2n) is 5.28. The molecular formula is C17H17NO5S. The number of hydrogen-bond donors (Lipinski definition) is 1. The molecule has 2 rings (SSSR count). The summed E-state index contributed by atoms with van der Waals surface area (Å²) >= 11 is 0. The van der Waals surface area contributed by atoms with Gasteiger partial charge in [-0.3, -0.25) is 4.79 Å². The standard InChI is InChI=1S/C17H17NO5S/c1-11-4-5-13(10-15(11)24(3,21)22)16(19)18-14-8-6-12(7-9-14)17(20)23-2/h4-10H,1-3H3,(H,18,19). The highest BCUT2D eigenvalue weighted by Gasteiger charge is 2.15. The molecule has 24 heavy (non-hydrogen) atoms. The lowest BCUT2D eigenvalue weighted by atomic mass is 10.1. The predicted octanol–water partition coefficient (Wildman–Crippen LogP) is 2.44. The maximum absolute atomic E-state index is 12.3. The maximum Gasteiger partial charge on any atom is 0.337 e. The Labute approximate surface area is 140 Å². The van der Waals surface area contributed by atoms with Crippen LogP contribution in [-0.2, 0) is 14.6 Å². The van der Waals surface area contributed by atoms with Gasteiger partial charge in [-0.05, 0) is 48.9 Å². The van der Waals surface area contributed by atoms with Crippen molar-refractivity contribution in [3.05, 3.63) is 59.2 Å². The molecule has 7 heteroatoms. The van der Waals surface area contributed by atoms with Crippen molar-refractivity contribution in [1.82, 2.24) is 0 Å². The van der Waals surface area contributed by atoms with Crippen LogP contribution in [0.4, 0.5) is 5.69 Å². The normalized spacial score (nSPS) is 11.0. The van der Waals surface area contributed by atoms with Crippen molar-refractivity contribution >= 4 is 27.4 Å². The number of carbonyl (C=O) groups excluding carboxylic acids is 2. The van der Waals surface area contributed by atoms with Crippen LogP contribution in [-0.4, -0.2) is 33.7 Å². The number of ether oxygens (including phenoxy) is 1. The van der Waals surface area contributed by atoms with Crippen LogP contribution < -0.4 is 5.32 Å².